The predicted molar refractivity (Wildman–Crippen MR) is 94.7 cm³/mol. The molecule has 0 spiro atoms. The highest BCUT2D eigenvalue weighted by Gasteiger charge is 2.32. The van der Waals surface area contributed by atoms with E-state index < -0.39 is 5.54 Å². The van der Waals surface area contributed by atoms with Crippen molar-refractivity contribution in [3.8, 4) is 0 Å². The number of rotatable bonds is 4. The highest BCUT2D eigenvalue weighted by Crippen LogP contribution is 2.27. The number of nitrogens with two attached hydrogens (primary N) is 1. The van der Waals surface area contributed by atoms with Crippen molar-refractivity contribution in [3.05, 3.63) is 29.4 Å². The van der Waals surface area contributed by atoms with Gasteiger partial charge in [-0.1, -0.05) is 17.4 Å². The van der Waals surface area contributed by atoms with Crippen LogP contribution in [0.25, 0.3) is 0 Å². The zero-order valence-electron chi connectivity index (χ0n) is 13.9. The van der Waals surface area contributed by atoms with E-state index in [0.717, 1.165) is 25.2 Å². The molecule has 1 amide bonds. The number of nitrogens with one attached hydrogen (secondary N) is 1. The summed E-state index contributed by atoms with van der Waals surface area (Å²) in [6, 6.07) is 5.84. The van der Waals surface area contributed by atoms with E-state index in [0.29, 0.717) is 16.7 Å². The molecule has 24 heavy (non-hydrogen) atoms. The molecule has 0 saturated carbocycles. The molecule has 0 radical (unpaired) electrons. The van der Waals surface area contributed by atoms with Crippen LogP contribution in [0.3, 0.4) is 0 Å². The molecule has 1 aliphatic rings. The van der Waals surface area contributed by atoms with E-state index in [-0.39, 0.29) is 11.8 Å². The van der Waals surface area contributed by atoms with Crippen molar-refractivity contribution >= 4 is 28.2 Å². The van der Waals surface area contributed by atoms with Crippen molar-refractivity contribution in [2.75, 3.05) is 23.7 Å². The normalized spacial score (nSPS) is 18.4. The Labute approximate surface area is 145 Å². The second-order valence-electron chi connectivity index (χ2n) is 6.53. The summed E-state index contributed by atoms with van der Waals surface area (Å²) in [6.07, 6.45) is 3.63. The smallest absolute Gasteiger partial charge is 0.225 e. The lowest BCUT2D eigenvalue weighted by atomic mass is 9.95. The fourth-order valence-electron chi connectivity index (χ4n) is 2.89. The zero-order valence-corrected chi connectivity index (χ0v) is 14.7. The van der Waals surface area contributed by atoms with Gasteiger partial charge in [0.25, 0.3) is 0 Å². The number of carbonyl (C=O) groups is 1. The molecule has 1 saturated heterocycles. The number of piperidine rings is 1. The summed E-state index contributed by atoms with van der Waals surface area (Å²) in [5.41, 5.74) is 5.07. The lowest BCUT2D eigenvalue weighted by Gasteiger charge is -2.34. The molecule has 1 aliphatic heterocycles. The number of amides is 1. The van der Waals surface area contributed by atoms with Crippen LogP contribution in [0, 0.1) is 5.92 Å². The van der Waals surface area contributed by atoms with Gasteiger partial charge in [0, 0.05) is 19.3 Å². The van der Waals surface area contributed by atoms with Crippen LogP contribution in [0.4, 0.5) is 10.9 Å². The monoisotopic (exact) mass is 346 g/mol. The molecule has 0 aliphatic carbocycles. The molecule has 2 aromatic heterocycles. The van der Waals surface area contributed by atoms with Crippen LogP contribution in [-0.4, -0.2) is 34.2 Å². The Balaban J connectivity index is 1.66. The largest absolute Gasteiger partial charge is 0.374 e. The van der Waals surface area contributed by atoms with Crippen LogP contribution in [-0.2, 0) is 10.3 Å². The van der Waals surface area contributed by atoms with E-state index in [9.17, 15) is 4.79 Å². The van der Waals surface area contributed by atoms with Gasteiger partial charge in [-0.15, -0.1) is 10.2 Å². The summed E-state index contributed by atoms with van der Waals surface area (Å²) in [4.78, 5) is 19.3. The Morgan fingerprint density at radius 1 is 1.42 bits per heavy atom. The molecule has 0 bridgehead atoms. The van der Waals surface area contributed by atoms with E-state index in [1.54, 1.807) is 6.20 Å². The average Bonchev–Trinajstić information content (AvgIpc) is 3.03. The molecule has 7 nitrogen and oxygen atoms in total. The number of pyridine rings is 1. The van der Waals surface area contributed by atoms with Crippen molar-refractivity contribution in [2.24, 2.45) is 5.92 Å². The van der Waals surface area contributed by atoms with Crippen LogP contribution < -0.4 is 16.0 Å². The summed E-state index contributed by atoms with van der Waals surface area (Å²) in [7, 11) is 0. The molecule has 8 heteroatoms. The molecule has 3 heterocycles. The third-order valence-corrected chi connectivity index (χ3v) is 5.25. The Kier molecular flexibility index (Phi) is 4.66. The maximum Gasteiger partial charge on any atom is 0.225 e. The Morgan fingerprint density at radius 2 is 2.25 bits per heavy atom. The van der Waals surface area contributed by atoms with Gasteiger partial charge in [-0.3, -0.25) is 4.79 Å². The zero-order chi connectivity index (χ0) is 17.2. The van der Waals surface area contributed by atoms with Crippen LogP contribution in [0.5, 0.6) is 0 Å². The maximum absolute atomic E-state index is 12.7. The lowest BCUT2D eigenvalue weighted by molar-refractivity contribution is -0.127. The molecule has 1 atom stereocenters. The predicted octanol–water partition coefficient (Wildman–Crippen LogP) is 1.78. The fraction of sp³-hybridized carbons (Fsp3) is 0.500. The number of carbonyl (C=O) groups excluding carboxylic acids is 1. The van der Waals surface area contributed by atoms with Gasteiger partial charge in [0.05, 0.1) is 11.5 Å². The third-order valence-electron chi connectivity index (χ3n) is 4.18. The first-order chi connectivity index (χ1) is 11.5. The van der Waals surface area contributed by atoms with Gasteiger partial charge in [-0.05, 0) is 38.8 Å². The van der Waals surface area contributed by atoms with Crippen LogP contribution in [0.2, 0.25) is 0 Å². The molecule has 0 aromatic carbocycles. The number of aromatic nitrogens is 3. The van der Waals surface area contributed by atoms with Crippen molar-refractivity contribution < 1.29 is 4.79 Å². The second kappa shape index (κ2) is 6.72. The van der Waals surface area contributed by atoms with Crippen molar-refractivity contribution in [3.63, 3.8) is 0 Å². The highest BCUT2D eigenvalue weighted by molar-refractivity contribution is 7.15. The first-order valence-electron chi connectivity index (χ1n) is 8.03. The Morgan fingerprint density at radius 3 is 2.92 bits per heavy atom. The van der Waals surface area contributed by atoms with E-state index in [2.05, 4.69) is 25.4 Å². The molecule has 2 aromatic rings. The van der Waals surface area contributed by atoms with E-state index in [1.807, 2.05) is 32.0 Å². The minimum atomic E-state index is -0.584. The van der Waals surface area contributed by atoms with Gasteiger partial charge in [-0.25, -0.2) is 4.98 Å². The van der Waals surface area contributed by atoms with Gasteiger partial charge in [0.1, 0.15) is 10.8 Å². The molecule has 3 N–H and O–H groups in total. The molecular formula is C16H22N6OS. The highest BCUT2D eigenvalue weighted by atomic mass is 32.1. The average molecular weight is 346 g/mol. The van der Waals surface area contributed by atoms with Crippen molar-refractivity contribution in [1.82, 2.24) is 20.5 Å². The SMILES string of the molecule is CC(C)(NC(=O)[C@H]1CCCN(c2ccccn2)C1)c1nnc(N)s1. The fourth-order valence-corrected chi connectivity index (χ4v) is 3.56. The molecule has 3 rings (SSSR count). The van der Waals surface area contributed by atoms with E-state index in [1.165, 1.54) is 11.3 Å². The van der Waals surface area contributed by atoms with E-state index in [4.69, 9.17) is 5.73 Å². The first-order valence-corrected chi connectivity index (χ1v) is 8.85. The number of anilines is 2. The minimum absolute atomic E-state index is 0.0365. The molecular weight excluding hydrogens is 324 g/mol. The van der Waals surface area contributed by atoms with Crippen molar-refractivity contribution in [2.45, 2.75) is 32.2 Å². The molecule has 1 fully saturated rings. The lowest BCUT2D eigenvalue weighted by Crippen LogP contribution is -2.48. The van der Waals surface area contributed by atoms with Crippen LogP contribution in [0.1, 0.15) is 31.7 Å². The van der Waals surface area contributed by atoms with Gasteiger partial charge < -0.3 is 16.0 Å². The number of nitrogens with zero attached hydrogens (tertiary/aromatic N) is 4. The van der Waals surface area contributed by atoms with Crippen LogP contribution >= 0.6 is 11.3 Å². The number of hydrogen-bond donors (Lipinski definition) is 2. The quantitative estimate of drug-likeness (QED) is 0.876. The van der Waals surface area contributed by atoms with Crippen LogP contribution in [0.15, 0.2) is 24.4 Å². The summed E-state index contributed by atoms with van der Waals surface area (Å²) in [5, 5.41) is 12.1. The van der Waals surface area contributed by atoms with Gasteiger partial charge in [-0.2, -0.15) is 0 Å². The van der Waals surface area contributed by atoms with Gasteiger partial charge in [0.2, 0.25) is 11.0 Å². The van der Waals surface area contributed by atoms with E-state index >= 15 is 0 Å². The maximum atomic E-state index is 12.7. The number of nitrogen functional groups attached to an aromatic ring is 1. The van der Waals surface area contributed by atoms with Gasteiger partial charge in [0.15, 0.2) is 0 Å². The van der Waals surface area contributed by atoms with Crippen molar-refractivity contribution in [1.29, 1.82) is 0 Å². The topological polar surface area (TPSA) is 97.0 Å². The minimum Gasteiger partial charge on any atom is -0.374 e. The molecule has 128 valence electrons. The van der Waals surface area contributed by atoms with Gasteiger partial charge >= 0.3 is 0 Å². The summed E-state index contributed by atoms with van der Waals surface area (Å²) in [5.74, 6) is 0.894. The Bertz CT molecular complexity index is 702. The summed E-state index contributed by atoms with van der Waals surface area (Å²) in [6.45, 7) is 5.45. The molecule has 0 unspecified atom stereocenters. The Hall–Kier alpha value is -2.22. The third kappa shape index (κ3) is 3.64. The second-order valence-corrected chi connectivity index (χ2v) is 7.54. The number of hydrogen-bond acceptors (Lipinski definition) is 7. The first kappa shape index (κ1) is 16.6. The summed E-state index contributed by atoms with van der Waals surface area (Å²) < 4.78 is 0. The summed E-state index contributed by atoms with van der Waals surface area (Å²) >= 11 is 1.30. The standard InChI is InChI=1S/C16H22N6OS/c1-16(2,14-20-21-15(17)24-14)19-13(23)11-6-5-9-22(10-11)12-7-3-4-8-18-12/h3-4,7-8,11H,5-6,9-10H2,1-2H3,(H2,17,21)(H,19,23)/t11-/m0/s1.